The minimum Gasteiger partial charge on any atom is -0.493 e. The molecule has 1 aromatic carbocycles. The number of rotatable bonds is 9. The van der Waals surface area contributed by atoms with Gasteiger partial charge in [0.2, 0.25) is 5.91 Å². The van der Waals surface area contributed by atoms with Crippen molar-refractivity contribution >= 4 is 11.8 Å². The van der Waals surface area contributed by atoms with Crippen LogP contribution in [-0.2, 0) is 9.53 Å². The van der Waals surface area contributed by atoms with E-state index in [2.05, 4.69) is 10.6 Å². The highest BCUT2D eigenvalue weighted by Crippen LogP contribution is 2.27. The first-order valence-electron chi connectivity index (χ1n) is 8.94. The summed E-state index contributed by atoms with van der Waals surface area (Å²) in [6, 6.07) is 4.90. The predicted molar refractivity (Wildman–Crippen MR) is 97.7 cm³/mol. The fraction of sp³-hybridized carbons (Fsp3) is 0.579. The van der Waals surface area contributed by atoms with E-state index in [0.717, 1.165) is 32.3 Å². The number of benzene rings is 1. The van der Waals surface area contributed by atoms with Gasteiger partial charge in [-0.2, -0.15) is 0 Å². The van der Waals surface area contributed by atoms with Gasteiger partial charge in [-0.05, 0) is 50.8 Å². The Hall–Kier alpha value is -2.28. The van der Waals surface area contributed by atoms with Crippen LogP contribution in [0.15, 0.2) is 18.2 Å². The van der Waals surface area contributed by atoms with Gasteiger partial charge < -0.3 is 24.8 Å². The molecular weight excluding hydrogens is 336 g/mol. The lowest BCUT2D eigenvalue weighted by Gasteiger charge is -2.16. The lowest BCUT2D eigenvalue weighted by Crippen LogP contribution is -2.41. The van der Waals surface area contributed by atoms with Crippen molar-refractivity contribution in [3.05, 3.63) is 23.8 Å². The lowest BCUT2D eigenvalue weighted by atomic mass is 10.1. The molecule has 0 saturated carbocycles. The summed E-state index contributed by atoms with van der Waals surface area (Å²) in [5.74, 6) is 0.459. The maximum absolute atomic E-state index is 12.2. The Morgan fingerprint density at radius 1 is 1.27 bits per heavy atom. The second kappa shape index (κ2) is 10.0. The van der Waals surface area contributed by atoms with Crippen LogP contribution in [0.2, 0.25) is 0 Å². The molecule has 1 saturated heterocycles. The summed E-state index contributed by atoms with van der Waals surface area (Å²) < 4.78 is 15.9. The summed E-state index contributed by atoms with van der Waals surface area (Å²) in [6.07, 6.45) is 4.34. The zero-order valence-electron chi connectivity index (χ0n) is 15.7. The first kappa shape index (κ1) is 20.0. The summed E-state index contributed by atoms with van der Waals surface area (Å²) in [6.45, 7) is 2.73. The molecule has 0 unspecified atom stereocenters. The van der Waals surface area contributed by atoms with Crippen LogP contribution in [-0.4, -0.2) is 51.3 Å². The van der Waals surface area contributed by atoms with E-state index < -0.39 is 0 Å². The molecule has 7 nitrogen and oxygen atoms in total. The molecule has 0 spiro atoms. The molecule has 2 rings (SSSR count). The first-order valence-corrected chi connectivity index (χ1v) is 8.94. The van der Waals surface area contributed by atoms with E-state index in [-0.39, 0.29) is 24.4 Å². The fourth-order valence-electron chi connectivity index (χ4n) is 2.95. The molecule has 2 amide bonds. The molecule has 26 heavy (non-hydrogen) atoms. The van der Waals surface area contributed by atoms with Crippen molar-refractivity contribution in [2.75, 3.05) is 27.4 Å². The number of ether oxygens (including phenoxy) is 3. The molecule has 1 fully saturated rings. The van der Waals surface area contributed by atoms with E-state index >= 15 is 0 Å². The molecule has 1 aliphatic rings. The minimum atomic E-state index is -0.340. The van der Waals surface area contributed by atoms with Crippen molar-refractivity contribution in [2.45, 2.75) is 44.8 Å². The Labute approximate surface area is 154 Å². The highest BCUT2D eigenvalue weighted by molar-refractivity contribution is 5.97. The summed E-state index contributed by atoms with van der Waals surface area (Å²) in [4.78, 5) is 24.2. The van der Waals surface area contributed by atoms with Crippen LogP contribution in [0, 0.1) is 0 Å². The highest BCUT2D eigenvalue weighted by atomic mass is 16.5. The molecule has 0 aliphatic carbocycles. The lowest BCUT2D eigenvalue weighted by molar-refractivity contribution is -0.120. The molecular formula is C19H28N2O5. The van der Waals surface area contributed by atoms with Crippen molar-refractivity contribution < 1.29 is 23.8 Å². The minimum absolute atomic E-state index is 0.0460. The van der Waals surface area contributed by atoms with Crippen LogP contribution in [0.1, 0.15) is 43.0 Å². The number of nitrogens with one attached hydrogen (secondary N) is 2. The standard InChI is InChI=1S/C19H28N2O5/c1-13(6-8-15-5-4-10-26-15)21-18(22)12-20-19(23)14-7-9-16(24-2)17(11-14)25-3/h7,9,11,13,15H,4-6,8,10,12H2,1-3H3,(H,20,23)(H,21,22)/t13-,15-/m0/s1. The highest BCUT2D eigenvalue weighted by Gasteiger charge is 2.17. The average Bonchev–Trinajstić information content (AvgIpc) is 3.17. The zero-order valence-corrected chi connectivity index (χ0v) is 15.7. The van der Waals surface area contributed by atoms with E-state index in [1.54, 1.807) is 18.2 Å². The Kier molecular flexibility index (Phi) is 7.72. The molecule has 1 aliphatic heterocycles. The third-order valence-corrected chi connectivity index (χ3v) is 4.41. The smallest absolute Gasteiger partial charge is 0.251 e. The van der Waals surface area contributed by atoms with Gasteiger partial charge in [0.15, 0.2) is 11.5 Å². The molecule has 1 aromatic rings. The van der Waals surface area contributed by atoms with Gasteiger partial charge in [0.05, 0.1) is 26.9 Å². The summed E-state index contributed by atoms with van der Waals surface area (Å²) >= 11 is 0. The van der Waals surface area contributed by atoms with Gasteiger partial charge in [0.1, 0.15) is 0 Å². The first-order chi connectivity index (χ1) is 12.5. The molecule has 2 N–H and O–H groups in total. The Balaban J connectivity index is 1.74. The van der Waals surface area contributed by atoms with Crippen molar-refractivity contribution in [1.29, 1.82) is 0 Å². The van der Waals surface area contributed by atoms with Crippen molar-refractivity contribution in [2.24, 2.45) is 0 Å². The van der Waals surface area contributed by atoms with Gasteiger partial charge in [-0.3, -0.25) is 9.59 Å². The molecule has 7 heteroatoms. The van der Waals surface area contributed by atoms with E-state index in [1.807, 2.05) is 6.92 Å². The second-order valence-corrected chi connectivity index (χ2v) is 6.43. The van der Waals surface area contributed by atoms with Gasteiger partial charge in [-0.1, -0.05) is 0 Å². The summed E-state index contributed by atoms with van der Waals surface area (Å²) in [7, 11) is 3.03. The number of carbonyl (C=O) groups is 2. The number of hydrogen-bond donors (Lipinski definition) is 2. The third kappa shape index (κ3) is 5.91. The molecule has 144 valence electrons. The van der Waals surface area contributed by atoms with E-state index in [0.29, 0.717) is 23.2 Å². The fourth-order valence-corrected chi connectivity index (χ4v) is 2.95. The monoisotopic (exact) mass is 364 g/mol. The molecule has 0 bridgehead atoms. The largest absolute Gasteiger partial charge is 0.493 e. The number of amides is 2. The molecule has 0 aromatic heterocycles. The Morgan fingerprint density at radius 2 is 2.04 bits per heavy atom. The number of methoxy groups -OCH3 is 2. The van der Waals surface area contributed by atoms with Gasteiger partial charge >= 0.3 is 0 Å². The van der Waals surface area contributed by atoms with E-state index in [1.165, 1.54) is 14.2 Å². The molecule has 1 heterocycles. The van der Waals surface area contributed by atoms with Gasteiger partial charge in [0.25, 0.3) is 5.91 Å². The normalized spacial score (nSPS) is 17.4. The van der Waals surface area contributed by atoms with Crippen LogP contribution in [0.5, 0.6) is 11.5 Å². The van der Waals surface area contributed by atoms with Crippen LogP contribution in [0.4, 0.5) is 0 Å². The maximum Gasteiger partial charge on any atom is 0.251 e. The predicted octanol–water partition coefficient (Wildman–Crippen LogP) is 1.90. The van der Waals surface area contributed by atoms with Crippen molar-refractivity contribution in [1.82, 2.24) is 10.6 Å². The van der Waals surface area contributed by atoms with Gasteiger partial charge in [-0.25, -0.2) is 0 Å². The Morgan fingerprint density at radius 3 is 2.69 bits per heavy atom. The maximum atomic E-state index is 12.2. The van der Waals surface area contributed by atoms with Gasteiger partial charge in [0, 0.05) is 18.2 Å². The van der Waals surface area contributed by atoms with Crippen molar-refractivity contribution in [3.8, 4) is 11.5 Å². The van der Waals surface area contributed by atoms with E-state index in [4.69, 9.17) is 14.2 Å². The van der Waals surface area contributed by atoms with Crippen molar-refractivity contribution in [3.63, 3.8) is 0 Å². The van der Waals surface area contributed by atoms with Crippen LogP contribution < -0.4 is 20.1 Å². The molecule has 0 radical (unpaired) electrons. The second-order valence-electron chi connectivity index (χ2n) is 6.43. The van der Waals surface area contributed by atoms with E-state index in [9.17, 15) is 9.59 Å². The average molecular weight is 364 g/mol. The zero-order chi connectivity index (χ0) is 18.9. The van der Waals surface area contributed by atoms with Crippen LogP contribution in [0.3, 0.4) is 0 Å². The van der Waals surface area contributed by atoms with Crippen LogP contribution >= 0.6 is 0 Å². The molecule has 2 atom stereocenters. The number of hydrogen-bond acceptors (Lipinski definition) is 5. The quantitative estimate of drug-likeness (QED) is 0.699. The summed E-state index contributed by atoms with van der Waals surface area (Å²) in [5, 5.41) is 5.52. The number of carbonyl (C=O) groups excluding carboxylic acids is 2. The third-order valence-electron chi connectivity index (χ3n) is 4.41. The summed E-state index contributed by atoms with van der Waals surface area (Å²) in [5.41, 5.74) is 0.405. The topological polar surface area (TPSA) is 85.9 Å². The van der Waals surface area contributed by atoms with Crippen LogP contribution in [0.25, 0.3) is 0 Å². The van der Waals surface area contributed by atoms with Gasteiger partial charge in [-0.15, -0.1) is 0 Å². The Bertz CT molecular complexity index is 614. The SMILES string of the molecule is COc1ccc(C(=O)NCC(=O)N[C@@H](C)CC[C@@H]2CCCO2)cc1OC.